The van der Waals surface area contributed by atoms with Gasteiger partial charge in [-0.2, -0.15) is 0 Å². The third-order valence-corrected chi connectivity index (χ3v) is 3.94. The second-order valence-electron chi connectivity index (χ2n) is 4.98. The molecule has 1 aromatic heterocycles. The lowest BCUT2D eigenvalue weighted by Gasteiger charge is -2.25. The molecule has 1 atom stereocenters. The van der Waals surface area contributed by atoms with Crippen LogP contribution in [0.2, 0.25) is 5.02 Å². The predicted octanol–water partition coefficient (Wildman–Crippen LogP) is 3.78. The van der Waals surface area contributed by atoms with Crippen LogP contribution in [0.15, 0.2) is 36.7 Å². The maximum atomic E-state index is 13.9. The number of aromatic nitrogens is 1. The van der Waals surface area contributed by atoms with Crippen LogP contribution in [0.3, 0.4) is 0 Å². The van der Waals surface area contributed by atoms with Crippen LogP contribution in [0.25, 0.3) is 0 Å². The van der Waals surface area contributed by atoms with Gasteiger partial charge in [0.05, 0.1) is 12.5 Å². The van der Waals surface area contributed by atoms with E-state index in [-0.39, 0.29) is 23.9 Å². The number of amides is 1. The molecule has 22 heavy (non-hydrogen) atoms. The lowest BCUT2D eigenvalue weighted by molar-refractivity contribution is -0.131. The van der Waals surface area contributed by atoms with Crippen molar-refractivity contribution < 1.29 is 13.6 Å². The summed E-state index contributed by atoms with van der Waals surface area (Å²) in [6.07, 6.45) is 3.13. The highest BCUT2D eigenvalue weighted by molar-refractivity contribution is 6.31. The first-order valence-electron chi connectivity index (χ1n) is 6.69. The SMILES string of the molecule is C[C@@H](c1cccnc1)N(C)C(=O)Cc1ccc(F)c(Cl)c1F. The molecular formula is C16H15ClF2N2O. The molecule has 1 heterocycles. The maximum absolute atomic E-state index is 13.9. The molecule has 0 aliphatic carbocycles. The number of hydrogen-bond acceptors (Lipinski definition) is 2. The van der Waals surface area contributed by atoms with Gasteiger partial charge in [0, 0.05) is 19.4 Å². The molecule has 0 saturated heterocycles. The smallest absolute Gasteiger partial charge is 0.227 e. The van der Waals surface area contributed by atoms with Crippen molar-refractivity contribution in [2.24, 2.45) is 0 Å². The number of rotatable bonds is 4. The molecule has 6 heteroatoms. The van der Waals surface area contributed by atoms with Gasteiger partial charge in [-0.3, -0.25) is 9.78 Å². The molecule has 0 aliphatic heterocycles. The third kappa shape index (κ3) is 3.42. The molecule has 116 valence electrons. The Bertz CT molecular complexity index is 679. The quantitative estimate of drug-likeness (QED) is 0.802. The number of carbonyl (C=O) groups is 1. The minimum absolute atomic E-state index is 0.0710. The summed E-state index contributed by atoms with van der Waals surface area (Å²) >= 11 is 5.52. The fourth-order valence-corrected chi connectivity index (χ4v) is 2.24. The monoisotopic (exact) mass is 324 g/mol. The first kappa shape index (κ1) is 16.4. The van der Waals surface area contributed by atoms with E-state index in [1.807, 2.05) is 13.0 Å². The Morgan fingerprint density at radius 3 is 2.73 bits per heavy atom. The van der Waals surface area contributed by atoms with Crippen LogP contribution >= 0.6 is 11.6 Å². The van der Waals surface area contributed by atoms with Crippen LogP contribution in [-0.4, -0.2) is 22.8 Å². The Kier molecular flexibility index (Phi) is 5.08. The molecule has 0 fully saturated rings. The van der Waals surface area contributed by atoms with Crippen LogP contribution in [-0.2, 0) is 11.2 Å². The van der Waals surface area contributed by atoms with Crippen molar-refractivity contribution in [2.45, 2.75) is 19.4 Å². The second kappa shape index (κ2) is 6.83. The zero-order valence-corrected chi connectivity index (χ0v) is 12.9. The summed E-state index contributed by atoms with van der Waals surface area (Å²) < 4.78 is 27.0. The van der Waals surface area contributed by atoms with Crippen molar-refractivity contribution in [1.29, 1.82) is 0 Å². The molecule has 1 amide bonds. The van der Waals surface area contributed by atoms with Gasteiger partial charge in [0.15, 0.2) is 0 Å². The number of halogens is 3. The summed E-state index contributed by atoms with van der Waals surface area (Å²) in [5.41, 5.74) is 0.942. The Balaban J connectivity index is 2.14. The maximum Gasteiger partial charge on any atom is 0.227 e. The van der Waals surface area contributed by atoms with Gasteiger partial charge in [0.1, 0.15) is 16.7 Å². The van der Waals surface area contributed by atoms with E-state index in [9.17, 15) is 13.6 Å². The molecule has 0 unspecified atom stereocenters. The van der Waals surface area contributed by atoms with E-state index in [0.29, 0.717) is 0 Å². The van der Waals surface area contributed by atoms with Crippen LogP contribution in [0, 0.1) is 11.6 Å². The molecule has 3 nitrogen and oxygen atoms in total. The van der Waals surface area contributed by atoms with Gasteiger partial charge in [-0.05, 0) is 30.2 Å². The van der Waals surface area contributed by atoms with Gasteiger partial charge in [0.25, 0.3) is 0 Å². The number of nitrogens with zero attached hydrogens (tertiary/aromatic N) is 2. The van der Waals surface area contributed by atoms with Crippen molar-refractivity contribution in [3.8, 4) is 0 Å². The van der Waals surface area contributed by atoms with Crippen molar-refractivity contribution in [3.05, 3.63) is 64.4 Å². The Morgan fingerprint density at radius 1 is 1.36 bits per heavy atom. The molecule has 0 aliphatic rings. The third-order valence-electron chi connectivity index (χ3n) is 3.60. The fourth-order valence-electron chi connectivity index (χ4n) is 2.05. The summed E-state index contributed by atoms with van der Waals surface area (Å²) in [6, 6.07) is 5.72. The standard InChI is InChI=1S/C16H15ClF2N2O/c1-10(12-4-3-7-20-9-12)21(2)14(22)8-11-5-6-13(18)15(17)16(11)19/h3-7,9-10H,8H2,1-2H3/t10-/m0/s1. The first-order chi connectivity index (χ1) is 10.4. The first-order valence-corrected chi connectivity index (χ1v) is 7.07. The molecule has 1 aromatic carbocycles. The van der Waals surface area contributed by atoms with Gasteiger partial charge in [-0.15, -0.1) is 0 Å². The molecular weight excluding hydrogens is 310 g/mol. The van der Waals surface area contributed by atoms with E-state index in [0.717, 1.165) is 11.6 Å². The summed E-state index contributed by atoms with van der Waals surface area (Å²) in [5.74, 6) is -2.03. The van der Waals surface area contributed by atoms with Crippen molar-refractivity contribution >= 4 is 17.5 Å². The largest absolute Gasteiger partial charge is 0.339 e. The summed E-state index contributed by atoms with van der Waals surface area (Å²) in [7, 11) is 1.63. The topological polar surface area (TPSA) is 33.2 Å². The van der Waals surface area contributed by atoms with Crippen LogP contribution < -0.4 is 0 Å². The van der Waals surface area contributed by atoms with E-state index in [1.54, 1.807) is 25.5 Å². The zero-order valence-electron chi connectivity index (χ0n) is 12.2. The van der Waals surface area contributed by atoms with Crippen LogP contribution in [0.4, 0.5) is 8.78 Å². The van der Waals surface area contributed by atoms with Gasteiger partial charge in [-0.1, -0.05) is 23.7 Å². The van der Waals surface area contributed by atoms with E-state index in [4.69, 9.17) is 11.6 Å². The van der Waals surface area contributed by atoms with Gasteiger partial charge < -0.3 is 4.90 Å². The average Bonchev–Trinajstić information content (AvgIpc) is 2.54. The van der Waals surface area contributed by atoms with Crippen LogP contribution in [0.5, 0.6) is 0 Å². The molecule has 0 bridgehead atoms. The highest BCUT2D eigenvalue weighted by Crippen LogP contribution is 2.24. The Morgan fingerprint density at radius 2 is 2.09 bits per heavy atom. The van der Waals surface area contributed by atoms with Gasteiger partial charge >= 0.3 is 0 Å². The van der Waals surface area contributed by atoms with E-state index in [2.05, 4.69) is 4.98 Å². The van der Waals surface area contributed by atoms with Crippen molar-refractivity contribution in [1.82, 2.24) is 9.88 Å². The fraction of sp³-hybridized carbons (Fsp3) is 0.250. The lowest BCUT2D eigenvalue weighted by atomic mass is 10.1. The van der Waals surface area contributed by atoms with E-state index >= 15 is 0 Å². The molecule has 0 radical (unpaired) electrons. The zero-order chi connectivity index (χ0) is 16.3. The Hall–Kier alpha value is -2.01. The molecule has 2 aromatic rings. The molecule has 0 spiro atoms. The summed E-state index contributed by atoms with van der Waals surface area (Å²) in [5, 5.41) is -0.590. The summed E-state index contributed by atoms with van der Waals surface area (Å²) in [4.78, 5) is 17.8. The highest BCUT2D eigenvalue weighted by atomic mass is 35.5. The molecule has 0 N–H and O–H groups in total. The normalized spacial score (nSPS) is 12.0. The minimum Gasteiger partial charge on any atom is -0.339 e. The number of likely N-dealkylation sites (N-methyl/N-ethyl adjacent to an activating group) is 1. The van der Waals surface area contributed by atoms with Crippen molar-refractivity contribution in [3.63, 3.8) is 0 Å². The van der Waals surface area contributed by atoms with Gasteiger partial charge in [-0.25, -0.2) is 8.78 Å². The summed E-state index contributed by atoms with van der Waals surface area (Å²) in [6.45, 7) is 1.85. The number of hydrogen-bond donors (Lipinski definition) is 0. The van der Waals surface area contributed by atoms with Crippen molar-refractivity contribution in [2.75, 3.05) is 7.05 Å². The Labute approximate surface area is 132 Å². The minimum atomic E-state index is -0.891. The number of carbonyl (C=O) groups excluding carboxylic acids is 1. The van der Waals surface area contributed by atoms with Crippen LogP contribution in [0.1, 0.15) is 24.1 Å². The lowest BCUT2D eigenvalue weighted by Crippen LogP contribution is -2.31. The van der Waals surface area contributed by atoms with E-state index < -0.39 is 16.7 Å². The molecule has 2 rings (SSSR count). The predicted molar refractivity (Wildman–Crippen MR) is 80.5 cm³/mol. The highest BCUT2D eigenvalue weighted by Gasteiger charge is 2.20. The average molecular weight is 325 g/mol. The van der Waals surface area contributed by atoms with E-state index in [1.165, 1.54) is 11.0 Å². The molecule has 0 saturated carbocycles. The van der Waals surface area contributed by atoms with Gasteiger partial charge in [0.2, 0.25) is 5.91 Å². The number of benzene rings is 1. The second-order valence-corrected chi connectivity index (χ2v) is 5.36. The number of pyridine rings is 1.